The molecule has 2 atom stereocenters. The molecule has 10 nitrogen and oxygen atoms in total. The highest BCUT2D eigenvalue weighted by molar-refractivity contribution is 7.92. The molecular formula is C13H16N6O4S3. The molecule has 13 heteroatoms. The highest BCUT2D eigenvalue weighted by Gasteiger charge is 2.47. The molecule has 5 N–H and O–H groups in total. The van der Waals surface area contributed by atoms with E-state index in [4.69, 9.17) is 15.3 Å². The number of hydrogen-bond donors (Lipinski definition) is 3. The van der Waals surface area contributed by atoms with E-state index in [-0.39, 0.29) is 23.3 Å². The van der Waals surface area contributed by atoms with E-state index in [0.29, 0.717) is 11.2 Å². The van der Waals surface area contributed by atoms with Gasteiger partial charge in [-0.1, -0.05) is 0 Å². The normalized spacial score (nSPS) is 15.8. The Kier molecular flexibility index (Phi) is 4.83. The van der Waals surface area contributed by atoms with Crippen molar-refractivity contribution in [3.05, 3.63) is 35.0 Å². The van der Waals surface area contributed by atoms with Gasteiger partial charge in [-0.05, 0) is 25.1 Å². The molecule has 2 heterocycles. The summed E-state index contributed by atoms with van der Waals surface area (Å²) in [7, 11) is -3.73. The Hall–Kier alpha value is -1.93. The third kappa shape index (κ3) is 3.35. The van der Waals surface area contributed by atoms with Crippen LogP contribution in [-0.4, -0.2) is 34.1 Å². The zero-order valence-electron chi connectivity index (χ0n) is 13.8. The summed E-state index contributed by atoms with van der Waals surface area (Å²) in [6.07, 6.45) is 1.07. The van der Waals surface area contributed by atoms with E-state index in [9.17, 15) is 12.6 Å². The summed E-state index contributed by atoms with van der Waals surface area (Å²) in [6, 6.07) is 5.12. The maximum atomic E-state index is 12.6. The number of anilines is 1. The van der Waals surface area contributed by atoms with Gasteiger partial charge in [-0.25, -0.2) is 27.5 Å². The average molecular weight is 417 g/mol. The lowest BCUT2D eigenvalue weighted by Crippen LogP contribution is -2.33. The highest BCUT2D eigenvalue weighted by Crippen LogP contribution is 2.40. The number of fused-ring (bicyclic) bond motifs is 1. The van der Waals surface area contributed by atoms with E-state index in [2.05, 4.69) is 19.9 Å². The van der Waals surface area contributed by atoms with Crippen molar-refractivity contribution in [2.45, 2.75) is 18.2 Å². The Morgan fingerprint density at radius 3 is 2.77 bits per heavy atom. The Labute approximate surface area is 155 Å². The molecule has 140 valence electrons. The summed E-state index contributed by atoms with van der Waals surface area (Å²) in [5, 5.41) is 13.0. The van der Waals surface area contributed by atoms with Gasteiger partial charge in [0, 0.05) is 11.9 Å². The number of sulfone groups is 1. The van der Waals surface area contributed by atoms with Crippen molar-refractivity contribution >= 4 is 48.2 Å². The number of nitrogens with two attached hydrogens (primary N) is 2. The molecule has 0 spiro atoms. The van der Waals surface area contributed by atoms with Crippen molar-refractivity contribution in [2.75, 3.05) is 12.0 Å². The van der Waals surface area contributed by atoms with Crippen LogP contribution in [0, 0.1) is 0 Å². The molecule has 0 aliphatic carbocycles. The molecule has 2 aromatic heterocycles. The topological polar surface area (TPSA) is 167 Å². The largest absolute Gasteiger partial charge is 0.422 e. The van der Waals surface area contributed by atoms with Gasteiger partial charge in [0.1, 0.15) is 5.01 Å². The third-order valence-electron chi connectivity index (χ3n) is 3.80. The number of nitrogens with zero attached hydrogens (tertiary/aromatic N) is 3. The van der Waals surface area contributed by atoms with Gasteiger partial charge in [0.15, 0.2) is 25.8 Å². The standard InChI is InChI=1S/C13H16N6O4S3/c1-13(26(2,21)22,11-19-18-10(23-11)6-16-25(15)20)12-17-8-4-3-7(14)5-9(8)24-12/h3-5,16H,6,14-15H2,1-2H3. The minimum atomic E-state index is -3.73. The van der Waals surface area contributed by atoms with Crippen molar-refractivity contribution in [1.29, 1.82) is 0 Å². The maximum absolute atomic E-state index is 12.6. The molecule has 0 radical (unpaired) electrons. The quantitative estimate of drug-likeness (QED) is 0.479. The Bertz CT molecular complexity index is 1090. The predicted molar refractivity (Wildman–Crippen MR) is 98.8 cm³/mol. The van der Waals surface area contributed by atoms with Gasteiger partial charge < -0.3 is 10.2 Å². The van der Waals surface area contributed by atoms with E-state index in [1.807, 2.05) is 0 Å². The van der Waals surface area contributed by atoms with Crippen LogP contribution in [0.5, 0.6) is 0 Å². The number of nitrogens with one attached hydrogen (secondary N) is 1. The minimum absolute atomic E-state index is 0.0547. The van der Waals surface area contributed by atoms with Crippen LogP contribution in [-0.2, 0) is 32.3 Å². The maximum Gasteiger partial charge on any atom is 0.244 e. The SMILES string of the molecule is CC(c1nnc(CNS(N)=O)o1)(c1nc2ccc(N)cc2s1)S(C)(=O)=O. The van der Waals surface area contributed by atoms with Gasteiger partial charge in [0.05, 0.1) is 16.8 Å². The molecular weight excluding hydrogens is 400 g/mol. The first-order valence-corrected chi connectivity index (χ1v) is 11.1. The van der Waals surface area contributed by atoms with Gasteiger partial charge in [0.25, 0.3) is 0 Å². The molecule has 2 unspecified atom stereocenters. The van der Waals surface area contributed by atoms with Crippen LogP contribution < -0.4 is 15.6 Å². The summed E-state index contributed by atoms with van der Waals surface area (Å²) in [5.74, 6) is -0.0781. The fourth-order valence-corrected chi connectivity index (χ4v) is 4.86. The second kappa shape index (κ2) is 6.66. The summed E-state index contributed by atoms with van der Waals surface area (Å²) < 4.78 is 43.1. The van der Waals surface area contributed by atoms with Crippen LogP contribution in [0.3, 0.4) is 0 Å². The minimum Gasteiger partial charge on any atom is -0.422 e. The van der Waals surface area contributed by atoms with E-state index in [0.717, 1.165) is 11.0 Å². The molecule has 0 saturated carbocycles. The Balaban J connectivity index is 2.11. The first-order valence-electron chi connectivity index (χ1n) is 7.20. The molecule has 0 saturated heterocycles. The summed E-state index contributed by atoms with van der Waals surface area (Å²) in [6.45, 7) is 1.39. The lowest BCUT2D eigenvalue weighted by atomic mass is 10.2. The number of aromatic nitrogens is 3. The van der Waals surface area contributed by atoms with Crippen molar-refractivity contribution in [2.24, 2.45) is 5.14 Å². The molecule has 0 fully saturated rings. The first kappa shape index (κ1) is 18.8. The van der Waals surface area contributed by atoms with Crippen LogP contribution in [0.4, 0.5) is 5.69 Å². The number of hydrogen-bond acceptors (Lipinski definition) is 9. The summed E-state index contributed by atoms with van der Waals surface area (Å²) in [4.78, 5) is 4.42. The van der Waals surface area contributed by atoms with Gasteiger partial charge >= 0.3 is 0 Å². The van der Waals surface area contributed by atoms with Gasteiger partial charge in [0.2, 0.25) is 11.8 Å². The molecule has 0 aliphatic rings. The Morgan fingerprint density at radius 2 is 2.12 bits per heavy atom. The van der Waals surface area contributed by atoms with Crippen molar-refractivity contribution in [1.82, 2.24) is 19.9 Å². The predicted octanol–water partition coefficient (Wildman–Crippen LogP) is 0.197. The molecule has 26 heavy (non-hydrogen) atoms. The van der Waals surface area contributed by atoms with E-state index in [1.165, 1.54) is 18.3 Å². The number of benzene rings is 1. The number of thiazole rings is 1. The van der Waals surface area contributed by atoms with Crippen LogP contribution >= 0.6 is 11.3 Å². The van der Waals surface area contributed by atoms with E-state index < -0.39 is 25.8 Å². The van der Waals surface area contributed by atoms with Gasteiger partial charge in [-0.3, -0.25) is 0 Å². The Morgan fingerprint density at radius 1 is 1.38 bits per heavy atom. The van der Waals surface area contributed by atoms with E-state index >= 15 is 0 Å². The fraction of sp³-hybridized carbons (Fsp3) is 0.308. The van der Waals surface area contributed by atoms with Crippen LogP contribution in [0.15, 0.2) is 22.6 Å². The van der Waals surface area contributed by atoms with Gasteiger partial charge in [-0.2, -0.15) is 0 Å². The van der Waals surface area contributed by atoms with Crippen LogP contribution in [0.2, 0.25) is 0 Å². The summed E-state index contributed by atoms with van der Waals surface area (Å²) in [5.41, 5.74) is 6.95. The molecule has 0 bridgehead atoms. The first-order chi connectivity index (χ1) is 12.1. The lowest BCUT2D eigenvalue weighted by molar-refractivity contribution is 0.414. The van der Waals surface area contributed by atoms with Crippen molar-refractivity contribution < 1.29 is 17.0 Å². The van der Waals surface area contributed by atoms with Crippen molar-refractivity contribution in [3.8, 4) is 0 Å². The van der Waals surface area contributed by atoms with E-state index in [1.54, 1.807) is 18.2 Å². The summed E-state index contributed by atoms with van der Waals surface area (Å²) >= 11 is -0.577. The zero-order valence-corrected chi connectivity index (χ0v) is 16.2. The number of nitrogen functional groups attached to an aromatic ring is 1. The van der Waals surface area contributed by atoms with Gasteiger partial charge in [-0.15, -0.1) is 21.5 Å². The third-order valence-corrected chi connectivity index (χ3v) is 7.45. The zero-order chi connectivity index (χ0) is 19.1. The smallest absolute Gasteiger partial charge is 0.244 e. The number of rotatable bonds is 6. The second-order valence-corrected chi connectivity index (χ2v) is 9.95. The molecule has 3 rings (SSSR count). The average Bonchev–Trinajstić information content (AvgIpc) is 3.17. The molecule has 0 amide bonds. The molecule has 1 aromatic carbocycles. The molecule has 0 aliphatic heterocycles. The van der Waals surface area contributed by atoms with Crippen LogP contribution in [0.1, 0.15) is 23.7 Å². The second-order valence-electron chi connectivity index (χ2n) is 5.67. The monoisotopic (exact) mass is 416 g/mol. The highest BCUT2D eigenvalue weighted by atomic mass is 32.2. The molecule has 3 aromatic rings. The van der Waals surface area contributed by atoms with Crippen molar-refractivity contribution in [3.63, 3.8) is 0 Å². The van der Waals surface area contributed by atoms with Crippen LogP contribution in [0.25, 0.3) is 10.2 Å². The lowest BCUT2D eigenvalue weighted by Gasteiger charge is -2.20. The fourth-order valence-electron chi connectivity index (χ4n) is 2.20.